The topological polar surface area (TPSA) is 42.2 Å². The lowest BCUT2D eigenvalue weighted by Gasteiger charge is -2.09. The summed E-state index contributed by atoms with van der Waals surface area (Å²) in [7, 11) is 0. The number of furan rings is 1. The van der Waals surface area contributed by atoms with Crippen LogP contribution in [0.2, 0.25) is 0 Å². The maximum absolute atomic E-state index is 12.8. The molecule has 0 saturated carbocycles. The monoisotopic (exact) mass is 381 g/mol. The van der Waals surface area contributed by atoms with Crippen molar-refractivity contribution < 1.29 is 22.4 Å². The number of anilines is 1. The Labute approximate surface area is 158 Å². The van der Waals surface area contributed by atoms with Gasteiger partial charge in [0.1, 0.15) is 11.3 Å². The zero-order valence-electron chi connectivity index (χ0n) is 14.5. The van der Waals surface area contributed by atoms with Crippen LogP contribution in [0.1, 0.15) is 15.9 Å². The molecule has 0 unspecified atom stereocenters. The normalized spacial score (nSPS) is 11.5. The predicted octanol–water partition coefficient (Wildman–Crippen LogP) is 6.37. The third-order valence-corrected chi connectivity index (χ3v) is 4.30. The minimum atomic E-state index is -4.50. The van der Waals surface area contributed by atoms with Crippen molar-refractivity contribution in [2.75, 3.05) is 5.32 Å². The van der Waals surface area contributed by atoms with E-state index in [4.69, 9.17) is 4.42 Å². The van der Waals surface area contributed by atoms with E-state index >= 15 is 0 Å². The average molecular weight is 381 g/mol. The Balaban J connectivity index is 1.52. The molecule has 0 aliphatic heterocycles. The highest BCUT2D eigenvalue weighted by molar-refractivity contribution is 6.04. The molecule has 0 atom stereocenters. The van der Waals surface area contributed by atoms with Gasteiger partial charge in [0, 0.05) is 22.2 Å². The molecule has 0 saturated heterocycles. The van der Waals surface area contributed by atoms with Crippen molar-refractivity contribution >= 4 is 22.6 Å². The average Bonchev–Trinajstić information content (AvgIpc) is 3.12. The second-order valence-electron chi connectivity index (χ2n) is 6.26. The summed E-state index contributed by atoms with van der Waals surface area (Å²) in [5.41, 5.74) is 1.16. The Morgan fingerprint density at radius 2 is 1.61 bits per heavy atom. The molecule has 4 aromatic rings. The highest BCUT2D eigenvalue weighted by atomic mass is 19.4. The molecule has 3 aromatic carbocycles. The van der Waals surface area contributed by atoms with Crippen LogP contribution in [-0.4, -0.2) is 5.91 Å². The quantitative estimate of drug-likeness (QED) is 0.448. The van der Waals surface area contributed by atoms with Crippen molar-refractivity contribution in [3.05, 3.63) is 90.0 Å². The first kappa shape index (κ1) is 17.9. The zero-order valence-corrected chi connectivity index (χ0v) is 14.5. The highest BCUT2D eigenvalue weighted by Crippen LogP contribution is 2.30. The SMILES string of the molecule is O=C(Nc1ccc(-c2cc3ccccc3o2)cc1)c1cccc(C(F)(F)F)c1. The molecule has 1 aromatic heterocycles. The number of fused-ring (bicyclic) bond motifs is 1. The fourth-order valence-electron chi connectivity index (χ4n) is 2.88. The van der Waals surface area contributed by atoms with Crippen molar-refractivity contribution in [2.45, 2.75) is 6.18 Å². The number of amides is 1. The van der Waals surface area contributed by atoms with Crippen molar-refractivity contribution in [1.82, 2.24) is 0 Å². The van der Waals surface area contributed by atoms with Crippen LogP contribution < -0.4 is 5.32 Å². The molecule has 4 rings (SSSR count). The largest absolute Gasteiger partial charge is 0.456 e. The van der Waals surface area contributed by atoms with Gasteiger partial charge in [-0.25, -0.2) is 0 Å². The zero-order chi connectivity index (χ0) is 19.7. The third kappa shape index (κ3) is 3.62. The van der Waals surface area contributed by atoms with Crippen LogP contribution in [0.4, 0.5) is 18.9 Å². The molecule has 1 heterocycles. The smallest absolute Gasteiger partial charge is 0.416 e. The summed E-state index contributed by atoms with van der Waals surface area (Å²) in [6.07, 6.45) is -4.50. The highest BCUT2D eigenvalue weighted by Gasteiger charge is 2.30. The molecule has 140 valence electrons. The minimum Gasteiger partial charge on any atom is -0.456 e. The minimum absolute atomic E-state index is 0.0591. The van der Waals surface area contributed by atoms with E-state index in [1.165, 1.54) is 12.1 Å². The van der Waals surface area contributed by atoms with Gasteiger partial charge in [-0.1, -0.05) is 24.3 Å². The number of rotatable bonds is 3. The Bertz CT molecular complexity index is 1110. The number of carbonyl (C=O) groups excluding carboxylic acids is 1. The molecule has 28 heavy (non-hydrogen) atoms. The molecule has 0 aliphatic carbocycles. The van der Waals surface area contributed by atoms with Gasteiger partial charge in [-0.3, -0.25) is 4.79 Å². The second kappa shape index (κ2) is 6.88. The van der Waals surface area contributed by atoms with E-state index in [0.717, 1.165) is 28.7 Å². The van der Waals surface area contributed by atoms with Gasteiger partial charge < -0.3 is 9.73 Å². The molecular formula is C22H14F3NO2. The van der Waals surface area contributed by atoms with E-state index in [-0.39, 0.29) is 5.56 Å². The Morgan fingerprint density at radius 1 is 0.857 bits per heavy atom. The number of hydrogen-bond acceptors (Lipinski definition) is 2. The summed E-state index contributed by atoms with van der Waals surface area (Å²) in [4.78, 5) is 12.3. The third-order valence-electron chi connectivity index (χ3n) is 4.30. The van der Waals surface area contributed by atoms with Crippen molar-refractivity contribution in [3.63, 3.8) is 0 Å². The first-order valence-corrected chi connectivity index (χ1v) is 8.48. The Morgan fingerprint density at radius 3 is 2.32 bits per heavy atom. The number of hydrogen-bond donors (Lipinski definition) is 1. The van der Waals surface area contributed by atoms with E-state index in [1.54, 1.807) is 24.3 Å². The lowest BCUT2D eigenvalue weighted by atomic mass is 10.1. The predicted molar refractivity (Wildman–Crippen MR) is 101 cm³/mol. The Kier molecular flexibility index (Phi) is 4.39. The lowest BCUT2D eigenvalue weighted by molar-refractivity contribution is -0.137. The molecule has 0 radical (unpaired) electrons. The summed E-state index contributed by atoms with van der Waals surface area (Å²) in [5, 5.41) is 3.59. The van der Waals surface area contributed by atoms with Crippen molar-refractivity contribution in [2.24, 2.45) is 0 Å². The summed E-state index contributed by atoms with van der Waals surface area (Å²) in [6.45, 7) is 0. The van der Waals surface area contributed by atoms with Gasteiger partial charge in [0.2, 0.25) is 0 Å². The number of halogens is 3. The van der Waals surface area contributed by atoms with E-state index in [1.807, 2.05) is 30.3 Å². The summed E-state index contributed by atoms with van der Waals surface area (Å²) < 4.78 is 44.2. The molecule has 1 N–H and O–H groups in total. The lowest BCUT2D eigenvalue weighted by Crippen LogP contribution is -2.13. The first-order chi connectivity index (χ1) is 13.4. The summed E-state index contributed by atoms with van der Waals surface area (Å²) >= 11 is 0. The second-order valence-corrected chi connectivity index (χ2v) is 6.26. The number of alkyl halides is 3. The van der Waals surface area contributed by atoms with Gasteiger partial charge in [-0.2, -0.15) is 13.2 Å². The van der Waals surface area contributed by atoms with Gasteiger partial charge >= 0.3 is 6.18 Å². The van der Waals surface area contributed by atoms with Crippen LogP contribution in [0.5, 0.6) is 0 Å². The van der Waals surface area contributed by atoms with Crippen LogP contribution in [0, 0.1) is 0 Å². The van der Waals surface area contributed by atoms with Gasteiger partial charge in [0.15, 0.2) is 0 Å². The Hall–Kier alpha value is -3.54. The maximum Gasteiger partial charge on any atom is 0.416 e. The molecule has 1 amide bonds. The van der Waals surface area contributed by atoms with Crippen LogP contribution in [0.3, 0.4) is 0 Å². The standard InChI is InChI=1S/C22H14F3NO2/c23-22(24,25)17-6-3-5-16(12-17)21(27)26-18-10-8-14(9-11-18)20-13-15-4-1-2-7-19(15)28-20/h1-13H,(H,26,27). The first-order valence-electron chi connectivity index (χ1n) is 8.48. The van der Waals surface area contributed by atoms with Crippen molar-refractivity contribution in [1.29, 1.82) is 0 Å². The van der Waals surface area contributed by atoms with Crippen LogP contribution in [0.25, 0.3) is 22.3 Å². The van der Waals surface area contributed by atoms with Crippen LogP contribution >= 0.6 is 0 Å². The van der Waals surface area contributed by atoms with Gasteiger partial charge in [0.05, 0.1) is 5.56 Å². The van der Waals surface area contributed by atoms with E-state index in [9.17, 15) is 18.0 Å². The molecule has 0 aliphatic rings. The molecule has 0 fully saturated rings. The number of nitrogens with one attached hydrogen (secondary N) is 1. The molecule has 0 bridgehead atoms. The van der Waals surface area contributed by atoms with Crippen molar-refractivity contribution in [3.8, 4) is 11.3 Å². The van der Waals surface area contributed by atoms with Crippen LogP contribution in [-0.2, 0) is 6.18 Å². The molecule has 6 heteroatoms. The molecular weight excluding hydrogens is 367 g/mol. The summed E-state index contributed by atoms with van der Waals surface area (Å²) in [6, 6.07) is 20.8. The van der Waals surface area contributed by atoms with Gasteiger partial charge in [-0.15, -0.1) is 0 Å². The summed E-state index contributed by atoms with van der Waals surface area (Å²) in [5.74, 6) is 0.0829. The fourth-order valence-corrected chi connectivity index (χ4v) is 2.88. The van der Waals surface area contributed by atoms with E-state index in [0.29, 0.717) is 11.4 Å². The van der Waals surface area contributed by atoms with E-state index < -0.39 is 17.6 Å². The fraction of sp³-hybridized carbons (Fsp3) is 0.0455. The maximum atomic E-state index is 12.8. The van der Waals surface area contributed by atoms with Gasteiger partial charge in [0.25, 0.3) is 5.91 Å². The number of benzene rings is 3. The molecule has 3 nitrogen and oxygen atoms in total. The van der Waals surface area contributed by atoms with Gasteiger partial charge in [-0.05, 0) is 54.6 Å². The molecule has 0 spiro atoms. The number of carbonyl (C=O) groups is 1. The van der Waals surface area contributed by atoms with Crippen LogP contribution in [0.15, 0.2) is 83.3 Å². The van der Waals surface area contributed by atoms with E-state index in [2.05, 4.69) is 5.32 Å². The number of para-hydroxylation sites is 1.